The maximum absolute atomic E-state index is 15.1. The molecule has 13 heteroatoms. The number of benzene rings is 2. The Hall–Kier alpha value is -3.51. The van der Waals surface area contributed by atoms with E-state index in [0.717, 1.165) is 19.9 Å². The largest absolute Gasteiger partial charge is 0.420 e. The number of thioether (sulfide) groups is 1. The molecule has 0 saturated carbocycles. The monoisotopic (exact) mass is 581 g/mol. The van der Waals surface area contributed by atoms with Gasteiger partial charge in [0.2, 0.25) is 11.2 Å². The van der Waals surface area contributed by atoms with Gasteiger partial charge >= 0.3 is 12.1 Å². The van der Waals surface area contributed by atoms with Gasteiger partial charge in [0.15, 0.2) is 5.69 Å². The number of ether oxygens (including phenoxy) is 1. The summed E-state index contributed by atoms with van der Waals surface area (Å²) in [6.07, 6.45) is -3.58. The Morgan fingerprint density at radius 3 is 2.59 bits per heavy atom. The number of nitrogens with zero attached hydrogens (tertiary/aromatic N) is 3. The lowest BCUT2D eigenvalue weighted by Gasteiger charge is -2.46. The third-order valence-electron chi connectivity index (χ3n) is 6.62. The number of carbonyl (C=O) groups is 2. The standard InChI is InChI=1S/C26H20ClF4N3O4S/c1-13(26(29,30)31)32-12-34(33-9-8-20(36)23(38-14(2)35)22(33)25(32)37)21-17-7-6-16(27)10-15(17)11-39-24-18(21)4-3-5-19(24)28/h3-10,13,21H,11-12H2,1-2H3/t13-,21+/m1/s1. The van der Waals surface area contributed by atoms with Gasteiger partial charge < -0.3 is 9.64 Å². The van der Waals surface area contributed by atoms with Crippen molar-refractivity contribution in [2.24, 2.45) is 0 Å². The van der Waals surface area contributed by atoms with Gasteiger partial charge in [-0.3, -0.25) is 24.1 Å². The van der Waals surface area contributed by atoms with E-state index in [-0.39, 0.29) is 4.90 Å². The number of hydrogen-bond acceptors (Lipinski definition) is 6. The van der Waals surface area contributed by atoms with Crippen molar-refractivity contribution in [3.63, 3.8) is 0 Å². The van der Waals surface area contributed by atoms with Gasteiger partial charge in [0, 0.05) is 34.9 Å². The molecule has 5 rings (SSSR count). The molecule has 7 nitrogen and oxygen atoms in total. The quantitative estimate of drug-likeness (QED) is 0.310. The number of rotatable bonds is 3. The van der Waals surface area contributed by atoms with Crippen LogP contribution in [0.1, 0.15) is 47.1 Å². The number of aromatic nitrogens is 1. The van der Waals surface area contributed by atoms with E-state index in [4.69, 9.17) is 16.3 Å². The molecule has 2 aliphatic heterocycles. The van der Waals surface area contributed by atoms with Crippen molar-refractivity contribution < 1.29 is 31.9 Å². The first-order valence-electron chi connectivity index (χ1n) is 11.7. The molecule has 2 atom stereocenters. The summed E-state index contributed by atoms with van der Waals surface area (Å²) in [6.45, 7) is 1.25. The average molecular weight is 582 g/mol. The topological polar surface area (TPSA) is 71.8 Å². The Kier molecular flexibility index (Phi) is 6.88. The number of amides is 1. The molecule has 0 spiro atoms. The Balaban J connectivity index is 1.82. The predicted octanol–water partition coefficient (Wildman–Crippen LogP) is 5.26. The van der Waals surface area contributed by atoms with Gasteiger partial charge in [-0.25, -0.2) is 4.39 Å². The van der Waals surface area contributed by atoms with E-state index in [1.54, 1.807) is 24.3 Å². The minimum Gasteiger partial charge on any atom is -0.420 e. The summed E-state index contributed by atoms with van der Waals surface area (Å²) in [4.78, 5) is 38.8. The molecule has 39 heavy (non-hydrogen) atoms. The van der Waals surface area contributed by atoms with Crippen LogP contribution >= 0.6 is 23.4 Å². The fourth-order valence-corrected chi connectivity index (χ4v) is 6.06. The van der Waals surface area contributed by atoms with Crippen molar-refractivity contribution in [1.82, 2.24) is 9.58 Å². The highest BCUT2D eigenvalue weighted by molar-refractivity contribution is 7.98. The van der Waals surface area contributed by atoms with E-state index in [1.165, 1.54) is 39.8 Å². The van der Waals surface area contributed by atoms with Crippen LogP contribution in [0.25, 0.3) is 0 Å². The van der Waals surface area contributed by atoms with E-state index in [1.807, 2.05) is 0 Å². The van der Waals surface area contributed by atoms with Crippen LogP contribution in [0.2, 0.25) is 5.02 Å². The number of fused-ring (bicyclic) bond motifs is 3. The number of carbonyl (C=O) groups excluding carboxylic acids is 2. The first-order valence-corrected chi connectivity index (χ1v) is 13.0. The normalized spacial score (nSPS) is 17.6. The zero-order chi connectivity index (χ0) is 28.2. The second-order valence-electron chi connectivity index (χ2n) is 9.06. The van der Waals surface area contributed by atoms with Gasteiger partial charge in [-0.2, -0.15) is 13.2 Å². The highest BCUT2D eigenvalue weighted by atomic mass is 35.5. The smallest absolute Gasteiger partial charge is 0.408 e. The van der Waals surface area contributed by atoms with Gasteiger partial charge in [-0.05, 0) is 41.8 Å². The molecule has 0 bridgehead atoms. The van der Waals surface area contributed by atoms with E-state index in [2.05, 4.69) is 0 Å². The molecule has 1 amide bonds. The summed E-state index contributed by atoms with van der Waals surface area (Å²) < 4.78 is 63.2. The Morgan fingerprint density at radius 2 is 1.90 bits per heavy atom. The minimum absolute atomic E-state index is 0.282. The second kappa shape index (κ2) is 9.91. The Bertz CT molecular complexity index is 1560. The molecule has 0 unspecified atom stereocenters. The van der Waals surface area contributed by atoms with Gasteiger partial charge in [0.05, 0.1) is 6.04 Å². The molecule has 0 saturated heterocycles. The average Bonchev–Trinajstić information content (AvgIpc) is 3.02. The maximum Gasteiger partial charge on any atom is 0.408 e. The van der Waals surface area contributed by atoms with Crippen LogP contribution in [-0.2, 0) is 10.5 Å². The zero-order valence-electron chi connectivity index (χ0n) is 20.5. The lowest BCUT2D eigenvalue weighted by atomic mass is 9.94. The van der Waals surface area contributed by atoms with Crippen molar-refractivity contribution in [1.29, 1.82) is 0 Å². The van der Waals surface area contributed by atoms with Crippen LogP contribution in [0, 0.1) is 5.82 Å². The molecule has 2 aromatic carbocycles. The van der Waals surface area contributed by atoms with E-state index in [9.17, 15) is 27.6 Å². The zero-order valence-corrected chi connectivity index (χ0v) is 22.0. The lowest BCUT2D eigenvalue weighted by molar-refractivity contribution is -0.173. The summed E-state index contributed by atoms with van der Waals surface area (Å²) in [5, 5.41) is 1.84. The van der Waals surface area contributed by atoms with Gasteiger partial charge in [-0.1, -0.05) is 29.8 Å². The SMILES string of the molecule is CC(=O)Oc1c2n(ccc1=O)N([C@H]1c3ccc(Cl)cc3CSc3c(F)cccc31)CN([C@H](C)C(F)(F)F)C2=O. The van der Waals surface area contributed by atoms with Crippen LogP contribution in [0.4, 0.5) is 17.6 Å². The molecule has 2 aliphatic rings. The number of alkyl halides is 3. The van der Waals surface area contributed by atoms with Crippen LogP contribution in [0.5, 0.6) is 5.75 Å². The van der Waals surface area contributed by atoms with Crippen molar-refractivity contribution >= 4 is 35.2 Å². The number of pyridine rings is 1. The molecule has 0 fully saturated rings. The van der Waals surface area contributed by atoms with Crippen LogP contribution in [0.15, 0.2) is 58.4 Å². The van der Waals surface area contributed by atoms with Gasteiger partial charge in [0.1, 0.15) is 18.5 Å². The highest BCUT2D eigenvalue weighted by Gasteiger charge is 2.48. The summed E-state index contributed by atoms with van der Waals surface area (Å²) in [5.74, 6) is -2.97. The van der Waals surface area contributed by atoms with E-state index >= 15 is 4.39 Å². The Morgan fingerprint density at radius 1 is 1.15 bits per heavy atom. The molecular formula is C26H20ClF4N3O4S. The lowest BCUT2D eigenvalue weighted by Crippen LogP contribution is -2.60. The van der Waals surface area contributed by atoms with Crippen LogP contribution in [-0.4, -0.2) is 40.3 Å². The molecule has 3 heterocycles. The molecule has 0 radical (unpaired) electrons. The number of halogens is 5. The number of hydrogen-bond donors (Lipinski definition) is 0. The summed E-state index contributed by atoms with van der Waals surface area (Å²) >= 11 is 7.46. The van der Waals surface area contributed by atoms with E-state index < -0.39 is 59.5 Å². The molecular weight excluding hydrogens is 562 g/mol. The first-order chi connectivity index (χ1) is 18.4. The molecule has 3 aromatic rings. The fourth-order valence-electron chi connectivity index (χ4n) is 4.76. The van der Waals surface area contributed by atoms with Crippen molar-refractivity contribution in [3.8, 4) is 5.75 Å². The maximum atomic E-state index is 15.1. The second-order valence-corrected chi connectivity index (χ2v) is 10.5. The van der Waals surface area contributed by atoms with Gasteiger partial charge in [0.25, 0.3) is 5.91 Å². The molecule has 0 N–H and O–H groups in total. The van der Waals surface area contributed by atoms with Crippen LogP contribution < -0.4 is 15.2 Å². The summed E-state index contributed by atoms with van der Waals surface area (Å²) in [5.41, 5.74) is 0.354. The predicted molar refractivity (Wildman–Crippen MR) is 136 cm³/mol. The van der Waals surface area contributed by atoms with Crippen molar-refractivity contribution in [2.75, 3.05) is 11.7 Å². The van der Waals surface area contributed by atoms with Gasteiger partial charge in [-0.15, -0.1) is 11.8 Å². The third kappa shape index (κ3) is 4.76. The summed E-state index contributed by atoms with van der Waals surface area (Å²) in [7, 11) is 0. The third-order valence-corrected chi connectivity index (χ3v) is 8.03. The fraction of sp³-hybridized carbons (Fsp3) is 0.269. The summed E-state index contributed by atoms with van der Waals surface area (Å²) in [6, 6.07) is 7.31. The molecule has 0 aliphatic carbocycles. The molecule has 1 aromatic heterocycles. The minimum atomic E-state index is -4.81. The van der Waals surface area contributed by atoms with Crippen molar-refractivity contribution in [2.45, 2.75) is 42.8 Å². The molecule has 204 valence electrons. The highest BCUT2D eigenvalue weighted by Crippen LogP contribution is 2.45. The van der Waals surface area contributed by atoms with Crippen molar-refractivity contribution in [3.05, 3.63) is 92.1 Å². The Labute approximate surface area is 228 Å². The van der Waals surface area contributed by atoms with Crippen LogP contribution in [0.3, 0.4) is 0 Å². The van der Waals surface area contributed by atoms with E-state index in [0.29, 0.717) is 32.4 Å². The first kappa shape index (κ1) is 27.1. The number of esters is 1.